The molecule has 0 spiro atoms. The van der Waals surface area contributed by atoms with E-state index in [1.807, 2.05) is 55.5 Å². The van der Waals surface area contributed by atoms with Crippen LogP contribution < -0.4 is 5.32 Å². The van der Waals surface area contributed by atoms with E-state index in [-0.39, 0.29) is 5.91 Å². The molecule has 0 aliphatic carbocycles. The minimum Gasteiger partial charge on any atom is -0.325 e. The molecular formula is C15H14BrNO. The van der Waals surface area contributed by atoms with Crippen molar-refractivity contribution in [2.75, 3.05) is 5.32 Å². The smallest absolute Gasteiger partial charge is 0.228 e. The van der Waals surface area contributed by atoms with E-state index in [4.69, 9.17) is 0 Å². The van der Waals surface area contributed by atoms with Gasteiger partial charge < -0.3 is 5.32 Å². The molecule has 0 aromatic heterocycles. The minimum absolute atomic E-state index is 0.00856. The number of hydrogen-bond donors (Lipinski definition) is 1. The van der Waals surface area contributed by atoms with E-state index in [1.165, 1.54) is 0 Å². The largest absolute Gasteiger partial charge is 0.325 e. The van der Waals surface area contributed by atoms with Crippen molar-refractivity contribution in [2.45, 2.75) is 13.3 Å². The second-order valence-electron chi connectivity index (χ2n) is 4.19. The molecule has 0 aliphatic rings. The van der Waals surface area contributed by atoms with Crippen molar-refractivity contribution < 1.29 is 4.79 Å². The highest BCUT2D eigenvalue weighted by molar-refractivity contribution is 9.10. The molecule has 2 rings (SSSR count). The average Bonchev–Trinajstić information content (AvgIpc) is 2.34. The summed E-state index contributed by atoms with van der Waals surface area (Å²) in [4.78, 5) is 11.9. The lowest BCUT2D eigenvalue weighted by atomic mass is 10.1. The van der Waals surface area contributed by atoms with Crippen LogP contribution in [0.5, 0.6) is 0 Å². The first-order valence-corrected chi connectivity index (χ1v) is 6.54. The number of anilines is 1. The summed E-state index contributed by atoms with van der Waals surface area (Å²) in [6, 6.07) is 15.6. The van der Waals surface area contributed by atoms with Gasteiger partial charge in [0.2, 0.25) is 5.91 Å². The number of carbonyl (C=O) groups excluding carboxylic acids is 1. The van der Waals surface area contributed by atoms with Gasteiger partial charge in [-0.2, -0.15) is 0 Å². The molecule has 2 aromatic rings. The summed E-state index contributed by atoms with van der Waals surface area (Å²) >= 11 is 3.45. The van der Waals surface area contributed by atoms with Crippen LogP contribution in [0, 0.1) is 6.92 Å². The monoisotopic (exact) mass is 303 g/mol. The molecule has 0 saturated carbocycles. The summed E-state index contributed by atoms with van der Waals surface area (Å²) in [6.07, 6.45) is 0.390. The molecule has 0 unspecified atom stereocenters. The number of amides is 1. The lowest BCUT2D eigenvalue weighted by molar-refractivity contribution is -0.115. The predicted molar refractivity (Wildman–Crippen MR) is 77.7 cm³/mol. The van der Waals surface area contributed by atoms with Crippen LogP contribution in [0.15, 0.2) is 53.0 Å². The molecule has 0 fully saturated rings. The first-order valence-electron chi connectivity index (χ1n) is 5.75. The number of halogens is 1. The van der Waals surface area contributed by atoms with Crippen molar-refractivity contribution >= 4 is 27.5 Å². The molecule has 1 amide bonds. The fraction of sp³-hybridized carbons (Fsp3) is 0.133. The second kappa shape index (κ2) is 5.83. The quantitative estimate of drug-likeness (QED) is 0.914. The van der Waals surface area contributed by atoms with Gasteiger partial charge in [-0.15, -0.1) is 0 Å². The topological polar surface area (TPSA) is 29.1 Å². The summed E-state index contributed by atoms with van der Waals surface area (Å²) in [6.45, 7) is 2.01. The van der Waals surface area contributed by atoms with E-state index in [1.54, 1.807) is 0 Å². The Morgan fingerprint density at radius 2 is 1.89 bits per heavy atom. The molecule has 0 saturated heterocycles. The van der Waals surface area contributed by atoms with Gasteiger partial charge in [0.15, 0.2) is 0 Å². The first-order chi connectivity index (χ1) is 8.65. The summed E-state index contributed by atoms with van der Waals surface area (Å²) in [5.41, 5.74) is 2.97. The average molecular weight is 304 g/mol. The minimum atomic E-state index is -0.00856. The maximum atomic E-state index is 11.9. The number of benzene rings is 2. The van der Waals surface area contributed by atoms with Gasteiger partial charge in [-0.25, -0.2) is 0 Å². The van der Waals surface area contributed by atoms with Gasteiger partial charge >= 0.3 is 0 Å². The van der Waals surface area contributed by atoms with E-state index < -0.39 is 0 Å². The van der Waals surface area contributed by atoms with Crippen LogP contribution >= 0.6 is 15.9 Å². The van der Waals surface area contributed by atoms with Gasteiger partial charge in [0.1, 0.15) is 0 Å². The van der Waals surface area contributed by atoms with Crippen molar-refractivity contribution in [3.8, 4) is 0 Å². The molecule has 1 N–H and O–H groups in total. The number of aryl methyl sites for hydroxylation is 1. The molecule has 0 heterocycles. The van der Waals surface area contributed by atoms with Gasteiger partial charge in [0.25, 0.3) is 0 Å². The van der Waals surface area contributed by atoms with Crippen LogP contribution in [0.1, 0.15) is 11.1 Å². The molecule has 18 heavy (non-hydrogen) atoms. The van der Waals surface area contributed by atoms with E-state index >= 15 is 0 Å². The molecule has 2 aromatic carbocycles. The number of hydrogen-bond acceptors (Lipinski definition) is 1. The molecular weight excluding hydrogens is 290 g/mol. The van der Waals surface area contributed by atoms with Crippen LogP contribution in [-0.2, 0) is 11.2 Å². The van der Waals surface area contributed by atoms with E-state index in [0.717, 1.165) is 21.3 Å². The lowest BCUT2D eigenvalue weighted by Crippen LogP contribution is -2.14. The third-order valence-electron chi connectivity index (χ3n) is 2.61. The Morgan fingerprint density at radius 1 is 1.17 bits per heavy atom. The standard InChI is InChI=1S/C15H14BrNO/c1-11-7-8-14(13(16)9-11)17-15(18)10-12-5-3-2-4-6-12/h2-9H,10H2,1H3,(H,17,18). The molecule has 2 nitrogen and oxygen atoms in total. The van der Waals surface area contributed by atoms with Crippen LogP contribution in [0.2, 0.25) is 0 Å². The zero-order valence-electron chi connectivity index (χ0n) is 10.1. The van der Waals surface area contributed by atoms with E-state index in [9.17, 15) is 4.79 Å². The molecule has 92 valence electrons. The van der Waals surface area contributed by atoms with Gasteiger partial charge in [-0.3, -0.25) is 4.79 Å². The SMILES string of the molecule is Cc1ccc(NC(=O)Cc2ccccc2)c(Br)c1. The van der Waals surface area contributed by atoms with E-state index in [0.29, 0.717) is 6.42 Å². The third kappa shape index (κ3) is 3.44. The lowest BCUT2D eigenvalue weighted by Gasteiger charge is -2.08. The summed E-state index contributed by atoms with van der Waals surface area (Å²) < 4.78 is 0.906. The molecule has 0 radical (unpaired) electrons. The molecule has 0 aliphatic heterocycles. The summed E-state index contributed by atoms with van der Waals surface area (Å²) in [7, 11) is 0. The van der Waals surface area contributed by atoms with Gasteiger partial charge in [-0.1, -0.05) is 36.4 Å². The highest BCUT2D eigenvalue weighted by Crippen LogP contribution is 2.23. The summed E-state index contributed by atoms with van der Waals surface area (Å²) in [5, 5.41) is 2.90. The number of rotatable bonds is 3. The number of carbonyl (C=O) groups is 1. The second-order valence-corrected chi connectivity index (χ2v) is 5.05. The van der Waals surface area contributed by atoms with Gasteiger partial charge in [0, 0.05) is 4.47 Å². The normalized spacial score (nSPS) is 10.1. The molecule has 3 heteroatoms. The Hall–Kier alpha value is -1.61. The van der Waals surface area contributed by atoms with Crippen LogP contribution in [0.3, 0.4) is 0 Å². The molecule has 0 atom stereocenters. The Bertz CT molecular complexity index is 552. The zero-order valence-corrected chi connectivity index (χ0v) is 11.7. The third-order valence-corrected chi connectivity index (χ3v) is 3.26. The molecule has 0 bridgehead atoms. The Balaban J connectivity index is 2.03. The maximum Gasteiger partial charge on any atom is 0.228 e. The Labute approximate surface area is 115 Å². The van der Waals surface area contributed by atoms with Crippen molar-refractivity contribution in [1.82, 2.24) is 0 Å². The maximum absolute atomic E-state index is 11.9. The van der Waals surface area contributed by atoms with E-state index in [2.05, 4.69) is 21.2 Å². The summed E-state index contributed by atoms with van der Waals surface area (Å²) in [5.74, 6) is -0.00856. The van der Waals surface area contributed by atoms with Crippen molar-refractivity contribution in [2.24, 2.45) is 0 Å². The van der Waals surface area contributed by atoms with Crippen LogP contribution in [0.4, 0.5) is 5.69 Å². The Morgan fingerprint density at radius 3 is 2.56 bits per heavy atom. The number of nitrogens with one attached hydrogen (secondary N) is 1. The van der Waals surface area contributed by atoms with Gasteiger partial charge in [0.05, 0.1) is 12.1 Å². The highest BCUT2D eigenvalue weighted by Gasteiger charge is 2.06. The van der Waals surface area contributed by atoms with Crippen molar-refractivity contribution in [3.63, 3.8) is 0 Å². The fourth-order valence-electron chi connectivity index (χ4n) is 1.70. The highest BCUT2D eigenvalue weighted by atomic mass is 79.9. The first kappa shape index (κ1) is 12.8. The zero-order chi connectivity index (χ0) is 13.0. The van der Waals surface area contributed by atoms with Gasteiger partial charge in [-0.05, 0) is 46.1 Å². The predicted octanol–water partition coefficient (Wildman–Crippen LogP) is 3.94. The van der Waals surface area contributed by atoms with Crippen LogP contribution in [-0.4, -0.2) is 5.91 Å². The Kier molecular flexibility index (Phi) is 4.15. The van der Waals surface area contributed by atoms with Crippen molar-refractivity contribution in [3.05, 3.63) is 64.1 Å². The van der Waals surface area contributed by atoms with Crippen molar-refractivity contribution in [1.29, 1.82) is 0 Å². The van der Waals surface area contributed by atoms with Crippen LogP contribution in [0.25, 0.3) is 0 Å². The fourth-order valence-corrected chi connectivity index (χ4v) is 2.29.